The van der Waals surface area contributed by atoms with Crippen LogP contribution in [0.1, 0.15) is 49.5 Å². The summed E-state index contributed by atoms with van der Waals surface area (Å²) in [4.78, 5) is 12.1. The van der Waals surface area contributed by atoms with E-state index in [1.807, 2.05) is 26.0 Å². The second-order valence-electron chi connectivity index (χ2n) is 5.16. The van der Waals surface area contributed by atoms with Crippen molar-refractivity contribution < 1.29 is 4.79 Å². The number of amides is 1. The fraction of sp³-hybridized carbons (Fsp3) is 0.533. The van der Waals surface area contributed by atoms with Gasteiger partial charge in [0.25, 0.3) is 5.91 Å². The van der Waals surface area contributed by atoms with Crippen molar-refractivity contribution in [3.8, 4) is 0 Å². The fourth-order valence-corrected chi connectivity index (χ4v) is 2.01. The molecule has 100 valence electrons. The fourth-order valence-electron chi connectivity index (χ4n) is 2.01. The zero-order chi connectivity index (χ0) is 13.7. The summed E-state index contributed by atoms with van der Waals surface area (Å²) < 4.78 is 0. The zero-order valence-electron chi connectivity index (χ0n) is 11.8. The summed E-state index contributed by atoms with van der Waals surface area (Å²) in [6, 6.07) is 5.72. The van der Waals surface area contributed by atoms with Gasteiger partial charge in [-0.15, -0.1) is 0 Å². The van der Waals surface area contributed by atoms with E-state index < -0.39 is 0 Å². The van der Waals surface area contributed by atoms with E-state index in [1.165, 1.54) is 0 Å². The van der Waals surface area contributed by atoms with Crippen LogP contribution in [-0.4, -0.2) is 11.9 Å². The van der Waals surface area contributed by atoms with Gasteiger partial charge in [0.15, 0.2) is 0 Å². The Hall–Kier alpha value is -1.51. The maximum Gasteiger partial charge on any atom is 0.253 e. The molecule has 0 bridgehead atoms. The van der Waals surface area contributed by atoms with E-state index in [4.69, 9.17) is 5.73 Å². The second kappa shape index (κ2) is 6.43. The highest BCUT2D eigenvalue weighted by Crippen LogP contribution is 2.17. The van der Waals surface area contributed by atoms with E-state index in [0.717, 1.165) is 18.4 Å². The molecule has 1 aromatic rings. The van der Waals surface area contributed by atoms with Crippen molar-refractivity contribution in [2.45, 2.75) is 46.6 Å². The van der Waals surface area contributed by atoms with Crippen LogP contribution in [0.5, 0.6) is 0 Å². The van der Waals surface area contributed by atoms with Crippen molar-refractivity contribution in [2.75, 3.05) is 5.73 Å². The lowest BCUT2D eigenvalue weighted by molar-refractivity contribution is 0.0936. The molecule has 1 amide bonds. The average Bonchev–Trinajstić information content (AvgIpc) is 2.32. The van der Waals surface area contributed by atoms with Gasteiger partial charge in [-0.1, -0.05) is 32.4 Å². The lowest BCUT2D eigenvalue weighted by atomic mass is 10.00. The van der Waals surface area contributed by atoms with E-state index in [0.29, 0.717) is 17.2 Å². The van der Waals surface area contributed by atoms with E-state index in [-0.39, 0.29) is 11.9 Å². The monoisotopic (exact) mass is 248 g/mol. The number of nitrogens with two attached hydrogens (primary N) is 1. The van der Waals surface area contributed by atoms with Gasteiger partial charge in [-0.05, 0) is 37.8 Å². The van der Waals surface area contributed by atoms with Crippen molar-refractivity contribution in [2.24, 2.45) is 5.92 Å². The Morgan fingerprint density at radius 1 is 1.39 bits per heavy atom. The Balaban J connectivity index is 2.68. The first kappa shape index (κ1) is 14.6. The van der Waals surface area contributed by atoms with Gasteiger partial charge in [0.05, 0.1) is 5.56 Å². The van der Waals surface area contributed by atoms with Gasteiger partial charge in [-0.2, -0.15) is 0 Å². The number of rotatable bonds is 5. The molecule has 18 heavy (non-hydrogen) atoms. The lowest BCUT2D eigenvalue weighted by Crippen LogP contribution is -2.34. The maximum atomic E-state index is 12.1. The summed E-state index contributed by atoms with van der Waals surface area (Å²) in [6.45, 7) is 8.31. The molecule has 0 fully saturated rings. The highest BCUT2D eigenvalue weighted by Gasteiger charge is 2.14. The standard InChI is InChI=1S/C15H24N2O/c1-5-10(2)9-12(4)17-15(18)13-8-6-7-11(3)14(13)16/h6-8,10,12H,5,9,16H2,1-4H3,(H,17,18). The molecular weight excluding hydrogens is 224 g/mol. The lowest BCUT2D eigenvalue weighted by Gasteiger charge is -2.18. The Labute approximate surface area is 110 Å². The number of para-hydroxylation sites is 1. The summed E-state index contributed by atoms with van der Waals surface area (Å²) in [6.07, 6.45) is 2.13. The number of carbonyl (C=O) groups is 1. The van der Waals surface area contributed by atoms with Crippen molar-refractivity contribution in [1.82, 2.24) is 5.32 Å². The molecule has 0 radical (unpaired) electrons. The van der Waals surface area contributed by atoms with Crippen molar-refractivity contribution >= 4 is 11.6 Å². The van der Waals surface area contributed by atoms with Crippen LogP contribution < -0.4 is 11.1 Å². The minimum Gasteiger partial charge on any atom is -0.398 e. The quantitative estimate of drug-likeness (QED) is 0.787. The van der Waals surface area contributed by atoms with Crippen LogP contribution in [0.3, 0.4) is 0 Å². The molecule has 3 nitrogen and oxygen atoms in total. The summed E-state index contributed by atoms with van der Waals surface area (Å²) in [7, 11) is 0. The summed E-state index contributed by atoms with van der Waals surface area (Å²) in [5, 5.41) is 3.01. The number of aryl methyl sites for hydroxylation is 1. The molecule has 0 heterocycles. The molecule has 0 aliphatic heterocycles. The van der Waals surface area contributed by atoms with E-state index in [1.54, 1.807) is 6.07 Å². The number of hydrogen-bond donors (Lipinski definition) is 2. The van der Waals surface area contributed by atoms with E-state index in [9.17, 15) is 4.79 Å². The summed E-state index contributed by atoms with van der Waals surface area (Å²) in [5.74, 6) is 0.544. The topological polar surface area (TPSA) is 55.1 Å². The molecule has 2 atom stereocenters. The molecule has 1 aromatic carbocycles. The van der Waals surface area contributed by atoms with Gasteiger partial charge < -0.3 is 11.1 Å². The van der Waals surface area contributed by atoms with Gasteiger partial charge in [0.1, 0.15) is 0 Å². The highest BCUT2D eigenvalue weighted by atomic mass is 16.1. The van der Waals surface area contributed by atoms with Crippen LogP contribution in [-0.2, 0) is 0 Å². The third kappa shape index (κ3) is 3.76. The van der Waals surface area contributed by atoms with Crippen molar-refractivity contribution in [3.63, 3.8) is 0 Å². The zero-order valence-corrected chi connectivity index (χ0v) is 11.8. The maximum absolute atomic E-state index is 12.1. The predicted molar refractivity (Wildman–Crippen MR) is 76.6 cm³/mol. The first-order valence-electron chi connectivity index (χ1n) is 6.61. The molecule has 3 N–H and O–H groups in total. The van der Waals surface area contributed by atoms with Crippen LogP contribution in [0.4, 0.5) is 5.69 Å². The summed E-state index contributed by atoms with van der Waals surface area (Å²) >= 11 is 0. The van der Waals surface area contributed by atoms with Crippen LogP contribution in [0.25, 0.3) is 0 Å². The number of benzene rings is 1. The minimum atomic E-state index is -0.0768. The molecule has 3 heteroatoms. The predicted octanol–water partition coefficient (Wildman–Crippen LogP) is 3.13. The van der Waals surface area contributed by atoms with Gasteiger partial charge in [0, 0.05) is 11.7 Å². The van der Waals surface area contributed by atoms with E-state index >= 15 is 0 Å². The van der Waals surface area contributed by atoms with Crippen LogP contribution in [0.15, 0.2) is 18.2 Å². The summed E-state index contributed by atoms with van der Waals surface area (Å²) in [5.41, 5.74) is 8.02. The molecule has 0 aromatic heterocycles. The number of hydrogen-bond acceptors (Lipinski definition) is 2. The Kier molecular flexibility index (Phi) is 5.20. The first-order chi connectivity index (χ1) is 8.45. The second-order valence-corrected chi connectivity index (χ2v) is 5.16. The molecule has 0 spiro atoms. The number of carbonyl (C=O) groups excluding carboxylic acids is 1. The van der Waals surface area contributed by atoms with Gasteiger partial charge in [0.2, 0.25) is 0 Å². The Bertz CT molecular complexity index is 415. The molecule has 2 unspecified atom stereocenters. The molecule has 0 saturated heterocycles. The SMILES string of the molecule is CCC(C)CC(C)NC(=O)c1cccc(C)c1N. The largest absolute Gasteiger partial charge is 0.398 e. The van der Waals surface area contributed by atoms with Gasteiger partial charge >= 0.3 is 0 Å². The van der Waals surface area contributed by atoms with Gasteiger partial charge in [-0.3, -0.25) is 4.79 Å². The Morgan fingerprint density at radius 3 is 2.67 bits per heavy atom. The molecular formula is C15H24N2O. The number of nitrogen functional groups attached to an aromatic ring is 1. The van der Waals surface area contributed by atoms with Crippen molar-refractivity contribution in [1.29, 1.82) is 0 Å². The highest BCUT2D eigenvalue weighted by molar-refractivity contribution is 5.99. The van der Waals surface area contributed by atoms with Crippen LogP contribution >= 0.6 is 0 Å². The molecule has 0 aliphatic carbocycles. The van der Waals surface area contributed by atoms with Crippen LogP contribution in [0, 0.1) is 12.8 Å². The minimum absolute atomic E-state index is 0.0768. The first-order valence-corrected chi connectivity index (χ1v) is 6.61. The molecule has 0 aliphatic rings. The average molecular weight is 248 g/mol. The molecule has 1 rings (SSSR count). The smallest absolute Gasteiger partial charge is 0.253 e. The van der Waals surface area contributed by atoms with E-state index in [2.05, 4.69) is 19.2 Å². The normalized spacial score (nSPS) is 14.0. The van der Waals surface area contributed by atoms with Crippen LogP contribution in [0.2, 0.25) is 0 Å². The number of nitrogens with one attached hydrogen (secondary N) is 1. The third-order valence-corrected chi connectivity index (χ3v) is 3.40. The third-order valence-electron chi connectivity index (χ3n) is 3.40. The van der Waals surface area contributed by atoms with Crippen molar-refractivity contribution in [3.05, 3.63) is 29.3 Å². The van der Waals surface area contributed by atoms with Gasteiger partial charge in [-0.25, -0.2) is 0 Å². The Morgan fingerprint density at radius 2 is 2.06 bits per heavy atom. The molecule has 0 saturated carbocycles. The number of anilines is 1.